The summed E-state index contributed by atoms with van der Waals surface area (Å²) < 4.78 is 0. The molecule has 0 radical (unpaired) electrons. The van der Waals surface area contributed by atoms with Crippen LogP contribution in [0, 0.1) is 0 Å². The smallest absolute Gasteiger partial charge is 0.185 e. The van der Waals surface area contributed by atoms with Crippen molar-refractivity contribution in [2.24, 2.45) is 0 Å². The first kappa shape index (κ1) is 11.9. The number of thiazole rings is 1. The van der Waals surface area contributed by atoms with E-state index in [0.717, 1.165) is 13.1 Å². The van der Waals surface area contributed by atoms with Crippen LogP contribution in [-0.4, -0.2) is 42.6 Å². The molecule has 1 aromatic heterocycles. The lowest BCUT2D eigenvalue weighted by Crippen LogP contribution is -2.46. The van der Waals surface area contributed by atoms with E-state index >= 15 is 0 Å². The quantitative estimate of drug-likeness (QED) is 0.736. The monoisotopic (exact) mass is 239 g/mol. The number of piperazine rings is 1. The molecule has 1 aliphatic heterocycles. The van der Waals surface area contributed by atoms with Crippen molar-refractivity contribution in [3.63, 3.8) is 0 Å². The van der Waals surface area contributed by atoms with Crippen molar-refractivity contribution in [1.29, 1.82) is 0 Å². The summed E-state index contributed by atoms with van der Waals surface area (Å²) in [6, 6.07) is 0. The van der Waals surface area contributed by atoms with Crippen LogP contribution in [0.3, 0.4) is 0 Å². The summed E-state index contributed by atoms with van der Waals surface area (Å²) in [6.07, 6.45) is 5.94. The van der Waals surface area contributed by atoms with Crippen LogP contribution in [0.2, 0.25) is 0 Å². The van der Waals surface area contributed by atoms with Gasteiger partial charge in [0.1, 0.15) is 0 Å². The molecule has 0 aliphatic carbocycles. The molecule has 3 nitrogen and oxygen atoms in total. The van der Waals surface area contributed by atoms with Crippen molar-refractivity contribution in [2.45, 2.75) is 26.2 Å². The fraction of sp³-hybridized carbons (Fsp3) is 0.750. The van der Waals surface area contributed by atoms with Gasteiger partial charge in [-0.1, -0.05) is 19.8 Å². The Morgan fingerprint density at radius 2 is 2.06 bits per heavy atom. The summed E-state index contributed by atoms with van der Waals surface area (Å²) in [5, 5.41) is 3.25. The predicted molar refractivity (Wildman–Crippen MR) is 70.3 cm³/mol. The molecule has 0 unspecified atom stereocenters. The number of rotatable bonds is 5. The Labute approximate surface area is 102 Å². The van der Waals surface area contributed by atoms with E-state index in [0.29, 0.717) is 0 Å². The van der Waals surface area contributed by atoms with E-state index in [1.807, 2.05) is 6.20 Å². The molecule has 0 spiro atoms. The van der Waals surface area contributed by atoms with Crippen LogP contribution in [0.15, 0.2) is 11.6 Å². The van der Waals surface area contributed by atoms with E-state index in [4.69, 9.17) is 0 Å². The van der Waals surface area contributed by atoms with Gasteiger partial charge in [-0.15, -0.1) is 11.3 Å². The van der Waals surface area contributed by atoms with Gasteiger partial charge < -0.3 is 4.90 Å². The number of aromatic nitrogens is 1. The van der Waals surface area contributed by atoms with E-state index in [1.54, 1.807) is 11.3 Å². The largest absolute Gasteiger partial charge is 0.346 e. The van der Waals surface area contributed by atoms with Gasteiger partial charge >= 0.3 is 0 Å². The Morgan fingerprint density at radius 1 is 1.25 bits per heavy atom. The molecule has 0 aromatic carbocycles. The summed E-state index contributed by atoms with van der Waals surface area (Å²) in [6.45, 7) is 8.21. The maximum atomic E-state index is 4.37. The van der Waals surface area contributed by atoms with Crippen LogP contribution >= 0.6 is 11.3 Å². The zero-order chi connectivity index (χ0) is 11.2. The molecule has 1 aromatic rings. The predicted octanol–water partition coefficient (Wildman–Crippen LogP) is 2.46. The molecule has 1 saturated heterocycles. The summed E-state index contributed by atoms with van der Waals surface area (Å²) in [5.74, 6) is 0. The normalized spacial score (nSPS) is 17.9. The van der Waals surface area contributed by atoms with Gasteiger partial charge in [0.05, 0.1) is 0 Å². The second kappa shape index (κ2) is 6.21. The maximum absolute atomic E-state index is 4.37. The molecule has 0 amide bonds. The molecule has 90 valence electrons. The van der Waals surface area contributed by atoms with Crippen molar-refractivity contribution in [2.75, 3.05) is 37.6 Å². The molecule has 0 N–H and O–H groups in total. The number of hydrogen-bond acceptors (Lipinski definition) is 4. The number of unbranched alkanes of at least 4 members (excludes halogenated alkanes) is 2. The summed E-state index contributed by atoms with van der Waals surface area (Å²) in [7, 11) is 0. The Hall–Kier alpha value is -0.610. The van der Waals surface area contributed by atoms with Crippen molar-refractivity contribution < 1.29 is 0 Å². The minimum Gasteiger partial charge on any atom is -0.346 e. The van der Waals surface area contributed by atoms with Crippen LogP contribution < -0.4 is 4.90 Å². The lowest BCUT2D eigenvalue weighted by Gasteiger charge is -2.34. The third-order valence-electron chi connectivity index (χ3n) is 3.14. The van der Waals surface area contributed by atoms with Gasteiger partial charge in [0, 0.05) is 37.8 Å². The van der Waals surface area contributed by atoms with Crippen LogP contribution in [0.1, 0.15) is 26.2 Å². The summed E-state index contributed by atoms with van der Waals surface area (Å²) in [4.78, 5) is 9.35. The first-order valence-electron chi connectivity index (χ1n) is 6.27. The Balaban J connectivity index is 1.70. The topological polar surface area (TPSA) is 19.4 Å². The molecule has 16 heavy (non-hydrogen) atoms. The van der Waals surface area contributed by atoms with Gasteiger partial charge in [-0.05, 0) is 13.0 Å². The van der Waals surface area contributed by atoms with E-state index in [1.165, 1.54) is 44.0 Å². The molecule has 1 fully saturated rings. The third kappa shape index (κ3) is 3.19. The summed E-state index contributed by atoms with van der Waals surface area (Å²) >= 11 is 1.75. The van der Waals surface area contributed by atoms with Crippen LogP contribution in [0.5, 0.6) is 0 Å². The van der Waals surface area contributed by atoms with Crippen molar-refractivity contribution in [3.8, 4) is 0 Å². The molecule has 4 heteroatoms. The third-order valence-corrected chi connectivity index (χ3v) is 3.97. The fourth-order valence-electron chi connectivity index (χ4n) is 2.12. The maximum Gasteiger partial charge on any atom is 0.185 e. The van der Waals surface area contributed by atoms with Gasteiger partial charge in [-0.25, -0.2) is 4.98 Å². The van der Waals surface area contributed by atoms with E-state index in [-0.39, 0.29) is 0 Å². The van der Waals surface area contributed by atoms with Gasteiger partial charge in [0.25, 0.3) is 0 Å². The van der Waals surface area contributed by atoms with Crippen LogP contribution in [0.4, 0.5) is 5.13 Å². The number of nitrogens with zero attached hydrogens (tertiary/aromatic N) is 3. The minimum absolute atomic E-state index is 1.14. The zero-order valence-electron chi connectivity index (χ0n) is 10.1. The van der Waals surface area contributed by atoms with Gasteiger partial charge in [-0.2, -0.15) is 0 Å². The Morgan fingerprint density at radius 3 is 2.69 bits per heavy atom. The van der Waals surface area contributed by atoms with Gasteiger partial charge in [0.15, 0.2) is 5.13 Å². The molecule has 2 heterocycles. The van der Waals surface area contributed by atoms with Crippen molar-refractivity contribution >= 4 is 16.5 Å². The standard InChI is InChI=1S/C12H21N3S/c1-2-3-4-6-14-7-9-15(10-8-14)12-13-5-11-16-12/h5,11H,2-4,6-10H2,1H3. The second-order valence-electron chi connectivity index (χ2n) is 4.35. The highest BCUT2D eigenvalue weighted by Gasteiger charge is 2.17. The first-order chi connectivity index (χ1) is 7.90. The average molecular weight is 239 g/mol. The van der Waals surface area contributed by atoms with Crippen molar-refractivity contribution in [3.05, 3.63) is 11.6 Å². The van der Waals surface area contributed by atoms with E-state index in [2.05, 4.69) is 27.1 Å². The first-order valence-corrected chi connectivity index (χ1v) is 7.15. The highest BCUT2D eigenvalue weighted by Crippen LogP contribution is 2.18. The molecule has 0 atom stereocenters. The average Bonchev–Trinajstić information content (AvgIpc) is 2.84. The molecular weight excluding hydrogens is 218 g/mol. The second-order valence-corrected chi connectivity index (χ2v) is 5.22. The van der Waals surface area contributed by atoms with E-state index < -0.39 is 0 Å². The minimum atomic E-state index is 1.14. The molecule has 0 bridgehead atoms. The van der Waals surface area contributed by atoms with Crippen molar-refractivity contribution in [1.82, 2.24) is 9.88 Å². The van der Waals surface area contributed by atoms with Gasteiger partial charge in [-0.3, -0.25) is 4.90 Å². The Bertz CT molecular complexity index is 278. The van der Waals surface area contributed by atoms with Crippen LogP contribution in [-0.2, 0) is 0 Å². The summed E-state index contributed by atoms with van der Waals surface area (Å²) in [5.41, 5.74) is 0. The number of hydrogen-bond donors (Lipinski definition) is 0. The molecule has 2 rings (SSSR count). The molecular formula is C12H21N3S. The molecule has 1 aliphatic rings. The van der Waals surface area contributed by atoms with Gasteiger partial charge in [0.2, 0.25) is 0 Å². The lowest BCUT2D eigenvalue weighted by atomic mass is 10.2. The molecule has 0 saturated carbocycles. The SMILES string of the molecule is CCCCCN1CCN(c2nccs2)CC1. The zero-order valence-corrected chi connectivity index (χ0v) is 10.9. The number of anilines is 1. The highest BCUT2D eigenvalue weighted by molar-refractivity contribution is 7.13. The lowest BCUT2D eigenvalue weighted by molar-refractivity contribution is 0.252. The van der Waals surface area contributed by atoms with Crippen LogP contribution in [0.25, 0.3) is 0 Å². The fourth-order valence-corrected chi connectivity index (χ4v) is 2.82. The van der Waals surface area contributed by atoms with E-state index in [9.17, 15) is 0 Å². The highest BCUT2D eigenvalue weighted by atomic mass is 32.1. The Kier molecular flexibility index (Phi) is 4.60.